The SMILES string of the molecule is CCc1ccc2c(c1)C(N)CC2CC(=O)O. The molecule has 0 fully saturated rings. The van der Waals surface area contributed by atoms with E-state index in [0.29, 0.717) is 0 Å². The van der Waals surface area contributed by atoms with E-state index < -0.39 is 5.97 Å². The molecule has 86 valence electrons. The highest BCUT2D eigenvalue weighted by Crippen LogP contribution is 2.41. The van der Waals surface area contributed by atoms with Crippen LogP contribution in [0.1, 0.15) is 48.4 Å². The maximum atomic E-state index is 10.8. The number of carboxylic acid groups (broad SMARTS) is 1. The lowest BCUT2D eigenvalue weighted by molar-refractivity contribution is -0.137. The summed E-state index contributed by atoms with van der Waals surface area (Å²) in [6.07, 6.45) is 1.94. The normalized spacial score (nSPS) is 23.1. The van der Waals surface area contributed by atoms with Crippen molar-refractivity contribution in [3.63, 3.8) is 0 Å². The lowest BCUT2D eigenvalue weighted by Gasteiger charge is -2.08. The molecule has 0 aliphatic heterocycles. The third-order valence-corrected chi connectivity index (χ3v) is 3.36. The zero-order chi connectivity index (χ0) is 11.7. The Balaban J connectivity index is 2.32. The molecule has 1 aromatic carbocycles. The van der Waals surface area contributed by atoms with Crippen molar-refractivity contribution in [3.05, 3.63) is 34.9 Å². The van der Waals surface area contributed by atoms with E-state index in [1.165, 1.54) is 5.56 Å². The second-order valence-electron chi connectivity index (χ2n) is 4.45. The average molecular weight is 219 g/mol. The number of fused-ring (bicyclic) bond motifs is 1. The van der Waals surface area contributed by atoms with Crippen molar-refractivity contribution in [1.82, 2.24) is 0 Å². The maximum absolute atomic E-state index is 10.8. The van der Waals surface area contributed by atoms with Gasteiger partial charge in [-0.05, 0) is 35.4 Å². The van der Waals surface area contributed by atoms with Gasteiger partial charge in [0.05, 0.1) is 6.42 Å². The number of hydrogen-bond donors (Lipinski definition) is 2. The van der Waals surface area contributed by atoms with Gasteiger partial charge in [0.15, 0.2) is 0 Å². The van der Waals surface area contributed by atoms with Gasteiger partial charge in [0, 0.05) is 6.04 Å². The minimum Gasteiger partial charge on any atom is -0.481 e. The third kappa shape index (κ3) is 1.95. The summed E-state index contributed by atoms with van der Waals surface area (Å²) in [4.78, 5) is 10.8. The molecule has 0 amide bonds. The molecule has 16 heavy (non-hydrogen) atoms. The summed E-state index contributed by atoms with van der Waals surface area (Å²) in [6.45, 7) is 2.11. The van der Waals surface area contributed by atoms with Crippen LogP contribution in [0.15, 0.2) is 18.2 Å². The average Bonchev–Trinajstić information content (AvgIpc) is 2.54. The van der Waals surface area contributed by atoms with E-state index in [1.54, 1.807) is 0 Å². The first-order chi connectivity index (χ1) is 7.61. The first-order valence-corrected chi connectivity index (χ1v) is 5.72. The molecule has 0 spiro atoms. The Morgan fingerprint density at radius 2 is 2.25 bits per heavy atom. The summed E-state index contributed by atoms with van der Waals surface area (Å²) in [6, 6.07) is 6.26. The molecule has 0 bridgehead atoms. The Hall–Kier alpha value is -1.35. The first kappa shape index (κ1) is 11.1. The van der Waals surface area contributed by atoms with Crippen LogP contribution in [0.4, 0.5) is 0 Å². The molecule has 0 saturated carbocycles. The molecule has 2 atom stereocenters. The molecular weight excluding hydrogens is 202 g/mol. The summed E-state index contributed by atoms with van der Waals surface area (Å²) in [5, 5.41) is 8.85. The Bertz CT molecular complexity index is 414. The molecule has 2 rings (SSSR count). The first-order valence-electron chi connectivity index (χ1n) is 5.72. The highest BCUT2D eigenvalue weighted by Gasteiger charge is 2.29. The number of carbonyl (C=O) groups is 1. The van der Waals surface area contributed by atoms with Gasteiger partial charge in [0.2, 0.25) is 0 Å². The van der Waals surface area contributed by atoms with E-state index in [0.717, 1.165) is 24.0 Å². The van der Waals surface area contributed by atoms with E-state index in [-0.39, 0.29) is 18.4 Å². The van der Waals surface area contributed by atoms with E-state index in [1.807, 2.05) is 0 Å². The molecule has 0 aromatic heterocycles. The summed E-state index contributed by atoms with van der Waals surface area (Å²) in [5.41, 5.74) is 9.59. The fourth-order valence-corrected chi connectivity index (χ4v) is 2.50. The van der Waals surface area contributed by atoms with Gasteiger partial charge in [-0.3, -0.25) is 4.79 Å². The van der Waals surface area contributed by atoms with Crippen LogP contribution >= 0.6 is 0 Å². The van der Waals surface area contributed by atoms with Crippen LogP contribution in [-0.2, 0) is 11.2 Å². The number of nitrogens with two attached hydrogens (primary N) is 1. The second-order valence-corrected chi connectivity index (χ2v) is 4.45. The maximum Gasteiger partial charge on any atom is 0.303 e. The highest BCUT2D eigenvalue weighted by atomic mass is 16.4. The molecule has 3 nitrogen and oxygen atoms in total. The number of aliphatic carboxylic acids is 1. The van der Waals surface area contributed by atoms with Gasteiger partial charge in [-0.2, -0.15) is 0 Å². The Kier molecular flexibility index (Phi) is 2.97. The number of hydrogen-bond acceptors (Lipinski definition) is 2. The van der Waals surface area contributed by atoms with Gasteiger partial charge >= 0.3 is 5.97 Å². The topological polar surface area (TPSA) is 63.3 Å². The van der Waals surface area contributed by atoms with Crippen molar-refractivity contribution in [2.75, 3.05) is 0 Å². The van der Waals surface area contributed by atoms with Gasteiger partial charge in [-0.15, -0.1) is 0 Å². The van der Waals surface area contributed by atoms with Gasteiger partial charge in [0.25, 0.3) is 0 Å². The minimum absolute atomic E-state index is 0.00542. The van der Waals surface area contributed by atoms with Crippen molar-refractivity contribution in [1.29, 1.82) is 0 Å². The monoisotopic (exact) mass is 219 g/mol. The fraction of sp³-hybridized carbons (Fsp3) is 0.462. The number of benzene rings is 1. The van der Waals surface area contributed by atoms with Crippen molar-refractivity contribution in [3.8, 4) is 0 Å². The van der Waals surface area contributed by atoms with Gasteiger partial charge < -0.3 is 10.8 Å². The van der Waals surface area contributed by atoms with Gasteiger partial charge in [-0.1, -0.05) is 25.1 Å². The van der Waals surface area contributed by atoms with Crippen molar-refractivity contribution < 1.29 is 9.90 Å². The molecule has 3 heteroatoms. The smallest absolute Gasteiger partial charge is 0.303 e. The van der Waals surface area contributed by atoms with Crippen molar-refractivity contribution in [2.45, 2.75) is 38.1 Å². The predicted molar refractivity (Wildman–Crippen MR) is 62.4 cm³/mol. The minimum atomic E-state index is -0.746. The van der Waals surface area contributed by atoms with Crippen molar-refractivity contribution in [2.24, 2.45) is 5.73 Å². The largest absolute Gasteiger partial charge is 0.481 e. The zero-order valence-electron chi connectivity index (χ0n) is 9.44. The molecule has 1 aromatic rings. The van der Waals surface area contributed by atoms with E-state index in [2.05, 4.69) is 25.1 Å². The lowest BCUT2D eigenvalue weighted by Crippen LogP contribution is -2.07. The zero-order valence-corrected chi connectivity index (χ0v) is 9.44. The Labute approximate surface area is 95.3 Å². The van der Waals surface area contributed by atoms with Gasteiger partial charge in [-0.25, -0.2) is 0 Å². The van der Waals surface area contributed by atoms with E-state index in [4.69, 9.17) is 10.8 Å². The lowest BCUT2D eigenvalue weighted by atomic mass is 9.96. The molecule has 0 saturated heterocycles. The number of rotatable bonds is 3. The molecule has 1 aliphatic rings. The summed E-state index contributed by atoms with van der Waals surface area (Å²) < 4.78 is 0. The predicted octanol–water partition coefficient (Wildman–Crippen LogP) is 2.21. The molecule has 2 unspecified atom stereocenters. The van der Waals surface area contributed by atoms with Crippen LogP contribution in [0.3, 0.4) is 0 Å². The molecule has 0 heterocycles. The third-order valence-electron chi connectivity index (χ3n) is 3.36. The molecule has 0 radical (unpaired) electrons. The fourth-order valence-electron chi connectivity index (χ4n) is 2.50. The van der Waals surface area contributed by atoms with Crippen molar-refractivity contribution >= 4 is 5.97 Å². The Morgan fingerprint density at radius 1 is 1.50 bits per heavy atom. The molecular formula is C13H17NO2. The summed E-state index contributed by atoms with van der Waals surface area (Å²) in [5.74, 6) is -0.655. The van der Waals surface area contributed by atoms with E-state index in [9.17, 15) is 4.79 Å². The quantitative estimate of drug-likeness (QED) is 0.819. The van der Waals surface area contributed by atoms with Crippen LogP contribution < -0.4 is 5.73 Å². The standard InChI is InChI=1S/C13H17NO2/c1-2-8-3-4-10-9(7-13(15)16)6-12(14)11(10)5-8/h3-5,9,12H,2,6-7,14H2,1H3,(H,15,16). The second kappa shape index (κ2) is 4.26. The van der Waals surface area contributed by atoms with Crippen LogP contribution in [0.2, 0.25) is 0 Å². The van der Waals surface area contributed by atoms with E-state index >= 15 is 0 Å². The summed E-state index contributed by atoms with van der Waals surface area (Å²) in [7, 11) is 0. The van der Waals surface area contributed by atoms with Crippen LogP contribution in [-0.4, -0.2) is 11.1 Å². The number of aryl methyl sites for hydroxylation is 1. The van der Waals surface area contributed by atoms with Crippen LogP contribution in [0.25, 0.3) is 0 Å². The molecule has 1 aliphatic carbocycles. The van der Waals surface area contributed by atoms with Crippen LogP contribution in [0.5, 0.6) is 0 Å². The van der Waals surface area contributed by atoms with Crippen LogP contribution in [0, 0.1) is 0 Å². The van der Waals surface area contributed by atoms with Gasteiger partial charge in [0.1, 0.15) is 0 Å². The summed E-state index contributed by atoms with van der Waals surface area (Å²) >= 11 is 0. The Morgan fingerprint density at radius 3 is 2.88 bits per heavy atom. The highest BCUT2D eigenvalue weighted by molar-refractivity contribution is 5.68. The molecule has 3 N–H and O–H groups in total. The number of carboxylic acids is 1.